The van der Waals surface area contributed by atoms with Gasteiger partial charge >= 0.3 is 0 Å². The summed E-state index contributed by atoms with van der Waals surface area (Å²) in [5.74, 6) is 0.213. The Morgan fingerprint density at radius 2 is 2.03 bits per heavy atom. The monoisotopic (exact) mass is 442 g/mol. The molecule has 0 radical (unpaired) electrons. The fourth-order valence-corrected chi connectivity index (χ4v) is 2.88. The molecule has 1 aromatic rings. The zero-order valence-electron chi connectivity index (χ0n) is 19.1. The van der Waals surface area contributed by atoms with E-state index < -0.39 is 6.04 Å². The highest BCUT2D eigenvalue weighted by atomic mass is 16.8. The molecule has 1 fully saturated rings. The van der Waals surface area contributed by atoms with Crippen LogP contribution in [-0.4, -0.2) is 36.6 Å². The van der Waals surface area contributed by atoms with Crippen molar-refractivity contribution in [2.45, 2.75) is 65.3 Å². The lowest BCUT2D eigenvalue weighted by atomic mass is 10.2. The van der Waals surface area contributed by atoms with Crippen LogP contribution in [-0.2, 0) is 25.7 Å². The molecule has 0 aromatic heterocycles. The minimum atomic E-state index is -0.424. The Bertz CT molecular complexity index is 815. The highest BCUT2D eigenvalue weighted by molar-refractivity contribution is 5.90. The van der Waals surface area contributed by atoms with Gasteiger partial charge in [0.25, 0.3) is 5.91 Å². The summed E-state index contributed by atoms with van der Waals surface area (Å²) in [5.41, 5.74) is 4.20. The lowest BCUT2D eigenvalue weighted by Crippen LogP contribution is -2.44. The van der Waals surface area contributed by atoms with Gasteiger partial charge in [0.15, 0.2) is 6.29 Å². The number of hydroxylamine groups is 1. The predicted octanol–water partition coefficient (Wildman–Crippen LogP) is 3.12. The molecule has 174 valence electrons. The minimum absolute atomic E-state index is 0.103. The fourth-order valence-electron chi connectivity index (χ4n) is 2.88. The molecule has 8 heteroatoms. The molecule has 0 spiro atoms. The molecule has 1 heterocycles. The average molecular weight is 443 g/mol. The molecule has 0 aliphatic carbocycles. The molecule has 2 atom stereocenters. The number of carbonyl (C=O) groups is 2. The molecule has 1 aromatic carbocycles. The van der Waals surface area contributed by atoms with Crippen LogP contribution in [0.15, 0.2) is 59.2 Å². The maximum atomic E-state index is 12.3. The van der Waals surface area contributed by atoms with Crippen LogP contribution in [0.1, 0.15) is 52.0 Å². The molecule has 8 nitrogen and oxygen atoms in total. The van der Waals surface area contributed by atoms with E-state index in [1.807, 2.05) is 44.2 Å². The lowest BCUT2D eigenvalue weighted by molar-refractivity contribution is -0.198. The van der Waals surface area contributed by atoms with Gasteiger partial charge in [-0.2, -0.15) is 0 Å². The summed E-state index contributed by atoms with van der Waals surface area (Å²) in [6, 6.07) is 9.33. The highest BCUT2D eigenvalue weighted by Gasteiger charge is 2.15. The number of nitrogens with one attached hydrogen (secondary N) is 3. The Labute approximate surface area is 190 Å². The van der Waals surface area contributed by atoms with Gasteiger partial charge in [0.05, 0.1) is 0 Å². The van der Waals surface area contributed by atoms with Crippen LogP contribution in [0.5, 0.6) is 0 Å². The summed E-state index contributed by atoms with van der Waals surface area (Å²) in [6.45, 7) is 6.71. The number of ether oxygens (including phenoxy) is 1. The third kappa shape index (κ3) is 9.89. The summed E-state index contributed by atoms with van der Waals surface area (Å²) in [7, 11) is 0. The first kappa shape index (κ1) is 25.3. The zero-order chi connectivity index (χ0) is 23.2. The molecule has 0 bridgehead atoms. The van der Waals surface area contributed by atoms with Crippen molar-refractivity contribution in [2.75, 3.05) is 6.61 Å². The van der Waals surface area contributed by atoms with E-state index in [0.29, 0.717) is 25.4 Å². The molecule has 32 heavy (non-hydrogen) atoms. The van der Waals surface area contributed by atoms with Gasteiger partial charge in [0.2, 0.25) is 5.91 Å². The third-order valence-electron chi connectivity index (χ3n) is 4.77. The number of allylic oxidation sites excluding steroid dienone is 2. The minimum Gasteiger partial charge on any atom is -0.362 e. The first-order chi connectivity index (χ1) is 15.5. The van der Waals surface area contributed by atoms with Crippen LogP contribution < -0.4 is 16.1 Å². The second kappa shape index (κ2) is 14.2. The van der Waals surface area contributed by atoms with E-state index >= 15 is 0 Å². The highest BCUT2D eigenvalue weighted by Crippen LogP contribution is 2.12. The number of carbonyl (C=O) groups excluding carboxylic acids is 2. The summed E-state index contributed by atoms with van der Waals surface area (Å²) < 4.78 is 5.39. The first-order valence-electron chi connectivity index (χ1n) is 11.0. The van der Waals surface area contributed by atoms with Gasteiger partial charge in [-0.25, -0.2) is 15.3 Å². The largest absolute Gasteiger partial charge is 0.362 e. The topological polar surface area (TPSA) is 101 Å². The number of amides is 2. The van der Waals surface area contributed by atoms with E-state index in [-0.39, 0.29) is 18.1 Å². The van der Waals surface area contributed by atoms with Crippen molar-refractivity contribution in [3.05, 3.63) is 59.8 Å². The van der Waals surface area contributed by atoms with Crippen molar-refractivity contribution < 1.29 is 19.2 Å². The summed E-state index contributed by atoms with van der Waals surface area (Å²) in [4.78, 5) is 33.9. The molecular formula is C24H34N4O4. The molecule has 2 amide bonds. The van der Waals surface area contributed by atoms with Gasteiger partial charge in [0, 0.05) is 38.3 Å². The smallest absolute Gasteiger partial charge is 0.267 e. The zero-order valence-corrected chi connectivity index (χ0v) is 19.1. The second-order valence-electron chi connectivity index (χ2n) is 7.59. The SMILES string of the molecule is CC\C(=N/C=C(C)/C=C/C(=O)NOC1CCCCO1)N[C@H](C)C(=O)NCc1ccccc1. The number of amidine groups is 1. The van der Waals surface area contributed by atoms with E-state index in [0.717, 1.165) is 30.4 Å². The molecule has 1 aliphatic rings. The van der Waals surface area contributed by atoms with Crippen LogP contribution in [0.3, 0.4) is 0 Å². The van der Waals surface area contributed by atoms with Crippen molar-refractivity contribution >= 4 is 17.6 Å². The van der Waals surface area contributed by atoms with Gasteiger partial charge in [-0.3, -0.25) is 9.59 Å². The van der Waals surface area contributed by atoms with Crippen molar-refractivity contribution in [1.82, 2.24) is 16.1 Å². The van der Waals surface area contributed by atoms with Gasteiger partial charge in [-0.05, 0) is 37.8 Å². The molecule has 1 aliphatic heterocycles. The van der Waals surface area contributed by atoms with E-state index in [1.54, 1.807) is 19.2 Å². The lowest BCUT2D eigenvalue weighted by Gasteiger charge is -2.21. The molecule has 3 N–H and O–H groups in total. The summed E-state index contributed by atoms with van der Waals surface area (Å²) in [6.07, 6.45) is 7.74. The number of aliphatic imine (C=N–C) groups is 1. The maximum absolute atomic E-state index is 12.3. The number of hydrogen-bond acceptors (Lipinski definition) is 5. The van der Waals surface area contributed by atoms with Crippen LogP contribution >= 0.6 is 0 Å². The Hall–Kier alpha value is -2.97. The van der Waals surface area contributed by atoms with Crippen molar-refractivity contribution in [3.8, 4) is 0 Å². The second-order valence-corrected chi connectivity index (χ2v) is 7.59. The normalized spacial score (nSPS) is 18.3. The van der Waals surface area contributed by atoms with Crippen LogP contribution in [0.25, 0.3) is 0 Å². The standard InChI is InChI=1S/C24H34N4O4/c1-4-21(27-19(3)24(30)26-17-20-10-6-5-7-11-20)25-16-18(2)13-14-22(29)28-32-23-12-8-9-15-31-23/h5-7,10-11,13-14,16,19,23H,4,8-9,12,15,17H2,1-3H3,(H,25,27)(H,26,30)(H,28,29)/b14-13+,18-16+/t19-,23?/m1/s1. The Balaban J connectivity index is 1.77. The molecular weight excluding hydrogens is 408 g/mol. The van der Waals surface area contributed by atoms with Gasteiger partial charge in [-0.1, -0.05) is 43.3 Å². The van der Waals surface area contributed by atoms with E-state index in [1.165, 1.54) is 6.08 Å². The van der Waals surface area contributed by atoms with Crippen LogP contribution in [0, 0.1) is 0 Å². The number of benzene rings is 1. The Kier molecular flexibility index (Phi) is 11.2. The van der Waals surface area contributed by atoms with Crippen molar-refractivity contribution in [3.63, 3.8) is 0 Å². The van der Waals surface area contributed by atoms with Crippen LogP contribution in [0.2, 0.25) is 0 Å². The molecule has 2 rings (SSSR count). The van der Waals surface area contributed by atoms with Crippen molar-refractivity contribution in [2.24, 2.45) is 4.99 Å². The summed E-state index contributed by atoms with van der Waals surface area (Å²) >= 11 is 0. The number of nitrogens with zero attached hydrogens (tertiary/aromatic N) is 1. The van der Waals surface area contributed by atoms with Gasteiger partial charge in [-0.15, -0.1) is 0 Å². The van der Waals surface area contributed by atoms with Crippen molar-refractivity contribution in [1.29, 1.82) is 0 Å². The van der Waals surface area contributed by atoms with E-state index in [9.17, 15) is 9.59 Å². The number of hydrogen-bond donors (Lipinski definition) is 3. The number of rotatable bonds is 10. The van der Waals surface area contributed by atoms with E-state index in [4.69, 9.17) is 9.57 Å². The third-order valence-corrected chi connectivity index (χ3v) is 4.77. The Morgan fingerprint density at radius 3 is 2.72 bits per heavy atom. The molecule has 1 unspecified atom stereocenters. The predicted molar refractivity (Wildman–Crippen MR) is 124 cm³/mol. The Morgan fingerprint density at radius 1 is 1.25 bits per heavy atom. The van der Waals surface area contributed by atoms with Gasteiger partial charge < -0.3 is 15.4 Å². The quantitative estimate of drug-likeness (QED) is 0.170. The summed E-state index contributed by atoms with van der Waals surface area (Å²) in [5, 5.41) is 6.05. The van der Waals surface area contributed by atoms with Gasteiger partial charge in [0.1, 0.15) is 11.9 Å². The average Bonchev–Trinajstić information content (AvgIpc) is 2.83. The maximum Gasteiger partial charge on any atom is 0.267 e. The molecule has 1 saturated heterocycles. The van der Waals surface area contributed by atoms with E-state index in [2.05, 4.69) is 21.1 Å². The van der Waals surface area contributed by atoms with Crippen LogP contribution in [0.4, 0.5) is 0 Å². The fraction of sp³-hybridized carbons (Fsp3) is 0.458. The molecule has 0 saturated carbocycles. The first-order valence-corrected chi connectivity index (χ1v) is 11.0.